The average molecular weight is 233 g/mol. The predicted octanol–water partition coefficient (Wildman–Crippen LogP) is 2.02. The Morgan fingerprint density at radius 3 is 2.53 bits per heavy atom. The molecule has 0 bridgehead atoms. The molecule has 0 saturated carbocycles. The molecule has 92 valence electrons. The van der Waals surface area contributed by atoms with Crippen LogP contribution in [0.3, 0.4) is 0 Å². The van der Waals surface area contributed by atoms with E-state index in [1.165, 1.54) is 18.1 Å². The van der Waals surface area contributed by atoms with Crippen molar-refractivity contribution in [3.63, 3.8) is 0 Å². The van der Waals surface area contributed by atoms with Crippen LogP contribution < -0.4 is 5.32 Å². The highest BCUT2D eigenvalue weighted by Gasteiger charge is 2.11. The predicted molar refractivity (Wildman–Crippen MR) is 67.8 cm³/mol. The van der Waals surface area contributed by atoms with Crippen LogP contribution in [0.15, 0.2) is 24.3 Å². The van der Waals surface area contributed by atoms with Crippen molar-refractivity contribution in [2.45, 2.75) is 39.7 Å². The molecule has 3 nitrogen and oxygen atoms in total. The summed E-state index contributed by atoms with van der Waals surface area (Å²) in [4.78, 5) is 22.6. The first-order valence-electron chi connectivity index (χ1n) is 5.85. The fourth-order valence-electron chi connectivity index (χ4n) is 1.55. The summed E-state index contributed by atoms with van der Waals surface area (Å²) in [5.74, 6) is -0.0924. The van der Waals surface area contributed by atoms with Gasteiger partial charge in [0.05, 0.1) is 6.04 Å². The summed E-state index contributed by atoms with van der Waals surface area (Å²) in [5, 5.41) is 2.68. The quantitative estimate of drug-likeness (QED) is 0.845. The summed E-state index contributed by atoms with van der Waals surface area (Å²) in [6, 6.07) is 7.62. The van der Waals surface area contributed by atoms with Gasteiger partial charge < -0.3 is 5.32 Å². The number of carbonyl (C=O) groups is 2. The van der Waals surface area contributed by atoms with Gasteiger partial charge in [-0.15, -0.1) is 0 Å². The van der Waals surface area contributed by atoms with Crippen LogP contribution in [-0.4, -0.2) is 17.7 Å². The standard InChI is InChI=1S/C14H19NO2/c1-10-6-4-5-7-13(10)8-9-14(17)15-11(2)12(3)16/h4-7,11H,8-9H2,1-3H3,(H,15,17). The fraction of sp³-hybridized carbons (Fsp3) is 0.429. The van der Waals surface area contributed by atoms with Gasteiger partial charge in [-0.05, 0) is 38.3 Å². The molecule has 0 aromatic heterocycles. The molecule has 0 aliphatic rings. The highest BCUT2D eigenvalue weighted by atomic mass is 16.2. The minimum absolute atomic E-state index is 0.0192. The molecule has 0 heterocycles. The van der Waals surface area contributed by atoms with Crippen molar-refractivity contribution >= 4 is 11.7 Å². The smallest absolute Gasteiger partial charge is 0.220 e. The van der Waals surface area contributed by atoms with Gasteiger partial charge in [-0.3, -0.25) is 9.59 Å². The number of benzene rings is 1. The van der Waals surface area contributed by atoms with Crippen molar-refractivity contribution in [3.05, 3.63) is 35.4 Å². The molecule has 1 unspecified atom stereocenters. The lowest BCUT2D eigenvalue weighted by molar-refractivity contribution is -0.126. The molecule has 1 aromatic carbocycles. The molecule has 0 spiro atoms. The van der Waals surface area contributed by atoms with Crippen LogP contribution in [0, 0.1) is 6.92 Å². The van der Waals surface area contributed by atoms with E-state index in [-0.39, 0.29) is 17.7 Å². The first kappa shape index (κ1) is 13.4. The molecule has 1 atom stereocenters. The molecule has 1 N–H and O–H groups in total. The van der Waals surface area contributed by atoms with E-state index in [9.17, 15) is 9.59 Å². The SMILES string of the molecule is CC(=O)C(C)NC(=O)CCc1ccccc1C. The van der Waals surface area contributed by atoms with Crippen LogP contribution >= 0.6 is 0 Å². The van der Waals surface area contributed by atoms with E-state index >= 15 is 0 Å². The normalized spacial score (nSPS) is 11.9. The minimum Gasteiger partial charge on any atom is -0.347 e. The van der Waals surface area contributed by atoms with Gasteiger partial charge in [0.2, 0.25) is 5.91 Å². The molecule has 1 aromatic rings. The van der Waals surface area contributed by atoms with Crippen LogP contribution in [0.4, 0.5) is 0 Å². The minimum atomic E-state index is -0.389. The number of amides is 1. The Hall–Kier alpha value is -1.64. The molecule has 0 aliphatic heterocycles. The third kappa shape index (κ3) is 4.39. The molecule has 0 fully saturated rings. The molecular formula is C14H19NO2. The van der Waals surface area contributed by atoms with Crippen molar-refractivity contribution in [1.82, 2.24) is 5.32 Å². The maximum atomic E-state index is 11.6. The maximum absolute atomic E-state index is 11.6. The highest BCUT2D eigenvalue weighted by molar-refractivity contribution is 5.87. The molecule has 1 rings (SSSR count). The summed E-state index contributed by atoms with van der Waals surface area (Å²) >= 11 is 0. The Balaban J connectivity index is 2.44. The number of ketones is 1. The first-order chi connectivity index (χ1) is 8.00. The maximum Gasteiger partial charge on any atom is 0.220 e. The van der Waals surface area contributed by atoms with Gasteiger partial charge in [0, 0.05) is 6.42 Å². The number of carbonyl (C=O) groups excluding carboxylic acids is 2. The topological polar surface area (TPSA) is 46.2 Å². The van der Waals surface area contributed by atoms with E-state index in [1.807, 2.05) is 31.2 Å². The number of rotatable bonds is 5. The van der Waals surface area contributed by atoms with E-state index in [4.69, 9.17) is 0 Å². The highest BCUT2D eigenvalue weighted by Crippen LogP contribution is 2.09. The van der Waals surface area contributed by atoms with Gasteiger partial charge in [0.15, 0.2) is 5.78 Å². The van der Waals surface area contributed by atoms with Crippen molar-refractivity contribution in [2.24, 2.45) is 0 Å². The summed E-state index contributed by atoms with van der Waals surface area (Å²) in [7, 11) is 0. The van der Waals surface area contributed by atoms with Gasteiger partial charge in [0.25, 0.3) is 0 Å². The molecule has 0 saturated heterocycles. The van der Waals surface area contributed by atoms with Gasteiger partial charge in [-0.1, -0.05) is 24.3 Å². The van der Waals surface area contributed by atoms with E-state index < -0.39 is 0 Å². The molecule has 0 radical (unpaired) electrons. The van der Waals surface area contributed by atoms with Gasteiger partial charge in [0.1, 0.15) is 0 Å². The van der Waals surface area contributed by atoms with E-state index in [0.29, 0.717) is 12.8 Å². The zero-order valence-electron chi connectivity index (χ0n) is 10.6. The van der Waals surface area contributed by atoms with Gasteiger partial charge >= 0.3 is 0 Å². The summed E-state index contributed by atoms with van der Waals surface area (Å²) in [6.07, 6.45) is 1.13. The summed E-state index contributed by atoms with van der Waals surface area (Å²) in [5.41, 5.74) is 2.37. The molecule has 3 heteroatoms. The van der Waals surface area contributed by atoms with E-state index in [1.54, 1.807) is 6.92 Å². The van der Waals surface area contributed by atoms with Gasteiger partial charge in [-0.2, -0.15) is 0 Å². The van der Waals surface area contributed by atoms with Gasteiger partial charge in [-0.25, -0.2) is 0 Å². The Kier molecular flexibility index (Phi) is 4.88. The van der Waals surface area contributed by atoms with Crippen molar-refractivity contribution in [2.75, 3.05) is 0 Å². The van der Waals surface area contributed by atoms with Crippen LogP contribution in [0.1, 0.15) is 31.4 Å². The molecule has 1 amide bonds. The largest absolute Gasteiger partial charge is 0.347 e. The fourth-order valence-corrected chi connectivity index (χ4v) is 1.55. The Morgan fingerprint density at radius 2 is 1.94 bits per heavy atom. The van der Waals surface area contributed by atoms with Crippen molar-refractivity contribution in [1.29, 1.82) is 0 Å². The lowest BCUT2D eigenvalue weighted by atomic mass is 10.0. The summed E-state index contributed by atoms with van der Waals surface area (Å²) in [6.45, 7) is 5.21. The van der Waals surface area contributed by atoms with Crippen molar-refractivity contribution in [3.8, 4) is 0 Å². The Morgan fingerprint density at radius 1 is 1.29 bits per heavy atom. The summed E-state index contributed by atoms with van der Waals surface area (Å²) < 4.78 is 0. The molecule has 0 aliphatic carbocycles. The second-order valence-electron chi connectivity index (χ2n) is 4.33. The number of Topliss-reactive ketones (excluding diaryl/α,β-unsaturated/α-hetero) is 1. The first-order valence-corrected chi connectivity index (χ1v) is 5.85. The molecular weight excluding hydrogens is 214 g/mol. The monoisotopic (exact) mass is 233 g/mol. The van der Waals surface area contributed by atoms with Crippen LogP contribution in [0.25, 0.3) is 0 Å². The van der Waals surface area contributed by atoms with Crippen molar-refractivity contribution < 1.29 is 9.59 Å². The molecule has 17 heavy (non-hydrogen) atoms. The average Bonchev–Trinajstić information content (AvgIpc) is 2.27. The number of hydrogen-bond donors (Lipinski definition) is 1. The zero-order valence-corrected chi connectivity index (χ0v) is 10.6. The van der Waals surface area contributed by atoms with Crippen LogP contribution in [0.2, 0.25) is 0 Å². The number of aryl methyl sites for hydroxylation is 2. The van der Waals surface area contributed by atoms with E-state index in [2.05, 4.69) is 5.32 Å². The lowest BCUT2D eigenvalue weighted by Crippen LogP contribution is -2.37. The second kappa shape index (κ2) is 6.18. The number of nitrogens with one attached hydrogen (secondary N) is 1. The zero-order chi connectivity index (χ0) is 12.8. The number of hydrogen-bond acceptors (Lipinski definition) is 2. The van der Waals surface area contributed by atoms with Crippen LogP contribution in [0.5, 0.6) is 0 Å². The second-order valence-corrected chi connectivity index (χ2v) is 4.33. The Bertz CT molecular complexity index is 412. The Labute approximate surface area is 102 Å². The third-order valence-corrected chi connectivity index (χ3v) is 2.87. The van der Waals surface area contributed by atoms with E-state index in [0.717, 1.165) is 0 Å². The third-order valence-electron chi connectivity index (χ3n) is 2.87. The van der Waals surface area contributed by atoms with Crippen LogP contribution in [-0.2, 0) is 16.0 Å². The lowest BCUT2D eigenvalue weighted by Gasteiger charge is -2.10.